The Hall–Kier alpha value is -3.46. The van der Waals surface area contributed by atoms with Gasteiger partial charge in [0.2, 0.25) is 5.91 Å². The van der Waals surface area contributed by atoms with Gasteiger partial charge in [-0.1, -0.05) is 24.0 Å². The summed E-state index contributed by atoms with van der Waals surface area (Å²) in [5.74, 6) is 6.32. The standard InChI is InChI=1S/C20H21N3O3/c1-3-26-19-9-5-4-8-18(19)23-20(25)21-14-6-7-16-10-12-17(13-11-16)22-15(2)24/h4-5,8-13H,3,14H2,1-2H3,(H,22,24)(H2,21,23,25). The van der Waals surface area contributed by atoms with E-state index in [4.69, 9.17) is 4.74 Å². The van der Waals surface area contributed by atoms with Crippen molar-refractivity contribution in [2.45, 2.75) is 13.8 Å². The van der Waals surface area contributed by atoms with Crippen molar-refractivity contribution >= 4 is 23.3 Å². The quantitative estimate of drug-likeness (QED) is 0.724. The van der Waals surface area contributed by atoms with Gasteiger partial charge >= 0.3 is 6.03 Å². The van der Waals surface area contributed by atoms with Gasteiger partial charge in [-0.05, 0) is 43.3 Å². The third-order valence-electron chi connectivity index (χ3n) is 3.21. The predicted octanol–water partition coefficient (Wildman–Crippen LogP) is 3.22. The summed E-state index contributed by atoms with van der Waals surface area (Å²) in [7, 11) is 0. The van der Waals surface area contributed by atoms with Crippen LogP contribution in [0.4, 0.5) is 16.2 Å². The summed E-state index contributed by atoms with van der Waals surface area (Å²) in [6, 6.07) is 14.0. The van der Waals surface area contributed by atoms with Gasteiger partial charge in [0, 0.05) is 18.2 Å². The zero-order valence-corrected chi connectivity index (χ0v) is 14.8. The van der Waals surface area contributed by atoms with E-state index in [0.29, 0.717) is 23.7 Å². The van der Waals surface area contributed by atoms with Gasteiger partial charge in [-0.2, -0.15) is 0 Å². The topological polar surface area (TPSA) is 79.5 Å². The maximum atomic E-state index is 11.9. The highest BCUT2D eigenvalue weighted by Gasteiger charge is 2.05. The molecule has 0 saturated heterocycles. The highest BCUT2D eigenvalue weighted by molar-refractivity contribution is 5.91. The van der Waals surface area contributed by atoms with E-state index in [0.717, 1.165) is 5.56 Å². The highest BCUT2D eigenvalue weighted by atomic mass is 16.5. The summed E-state index contributed by atoms with van der Waals surface area (Å²) in [6.07, 6.45) is 0. The van der Waals surface area contributed by atoms with Gasteiger partial charge in [0.1, 0.15) is 5.75 Å². The Morgan fingerprint density at radius 2 is 1.77 bits per heavy atom. The minimum Gasteiger partial charge on any atom is -0.492 e. The number of hydrogen-bond donors (Lipinski definition) is 3. The van der Waals surface area contributed by atoms with Gasteiger partial charge in [0.05, 0.1) is 18.8 Å². The molecule has 0 radical (unpaired) electrons. The molecular weight excluding hydrogens is 330 g/mol. The van der Waals surface area contributed by atoms with Crippen LogP contribution in [0.2, 0.25) is 0 Å². The van der Waals surface area contributed by atoms with Crippen LogP contribution in [0.3, 0.4) is 0 Å². The summed E-state index contributed by atoms with van der Waals surface area (Å²) in [5, 5.41) is 8.10. The number of nitrogens with one attached hydrogen (secondary N) is 3. The molecule has 134 valence electrons. The molecule has 26 heavy (non-hydrogen) atoms. The van der Waals surface area contributed by atoms with E-state index < -0.39 is 0 Å². The lowest BCUT2D eigenvalue weighted by molar-refractivity contribution is -0.114. The fourth-order valence-electron chi connectivity index (χ4n) is 2.13. The van der Waals surface area contributed by atoms with E-state index in [9.17, 15) is 9.59 Å². The Kier molecular flexibility index (Phi) is 7.07. The number of para-hydroxylation sites is 2. The SMILES string of the molecule is CCOc1ccccc1NC(=O)NCC#Cc1ccc(NC(C)=O)cc1. The first-order valence-corrected chi connectivity index (χ1v) is 8.21. The molecule has 0 unspecified atom stereocenters. The van der Waals surface area contributed by atoms with E-state index in [1.165, 1.54) is 6.92 Å². The number of carbonyl (C=O) groups is 2. The van der Waals surface area contributed by atoms with Crippen LogP contribution in [0.5, 0.6) is 5.75 Å². The van der Waals surface area contributed by atoms with E-state index in [2.05, 4.69) is 27.8 Å². The average Bonchev–Trinajstić information content (AvgIpc) is 2.61. The normalized spacial score (nSPS) is 9.46. The second kappa shape index (κ2) is 9.74. The zero-order valence-electron chi connectivity index (χ0n) is 14.8. The van der Waals surface area contributed by atoms with Crippen LogP contribution in [-0.2, 0) is 4.79 Å². The molecule has 0 atom stereocenters. The number of carbonyl (C=O) groups excluding carboxylic acids is 2. The summed E-state index contributed by atoms with van der Waals surface area (Å²) in [6.45, 7) is 4.06. The predicted molar refractivity (Wildman–Crippen MR) is 102 cm³/mol. The van der Waals surface area contributed by atoms with Gasteiger partial charge in [0.15, 0.2) is 0 Å². The first-order valence-electron chi connectivity index (χ1n) is 8.21. The maximum Gasteiger partial charge on any atom is 0.320 e. The highest BCUT2D eigenvalue weighted by Crippen LogP contribution is 2.23. The Bertz CT molecular complexity index is 820. The molecule has 2 aromatic carbocycles. The first kappa shape index (κ1) is 18.9. The minimum absolute atomic E-state index is 0.120. The number of ether oxygens (including phenoxy) is 1. The smallest absolute Gasteiger partial charge is 0.320 e. The molecule has 0 fully saturated rings. The Labute approximate surface area is 152 Å². The van der Waals surface area contributed by atoms with Crippen molar-refractivity contribution in [3.8, 4) is 17.6 Å². The number of amides is 3. The molecule has 6 heteroatoms. The van der Waals surface area contributed by atoms with E-state index >= 15 is 0 Å². The van der Waals surface area contributed by atoms with Gasteiger partial charge in [-0.15, -0.1) is 0 Å². The monoisotopic (exact) mass is 351 g/mol. The lowest BCUT2D eigenvalue weighted by Gasteiger charge is -2.11. The lowest BCUT2D eigenvalue weighted by Crippen LogP contribution is -2.29. The van der Waals surface area contributed by atoms with Crippen molar-refractivity contribution < 1.29 is 14.3 Å². The maximum absolute atomic E-state index is 11.9. The van der Waals surface area contributed by atoms with E-state index in [1.54, 1.807) is 36.4 Å². The molecule has 3 amide bonds. The molecule has 0 bridgehead atoms. The molecule has 3 N–H and O–H groups in total. The summed E-state index contributed by atoms with van der Waals surface area (Å²) in [5.41, 5.74) is 2.12. The van der Waals surface area contributed by atoms with Crippen molar-refractivity contribution in [1.82, 2.24) is 5.32 Å². The number of rotatable bonds is 5. The number of hydrogen-bond acceptors (Lipinski definition) is 3. The molecule has 0 aromatic heterocycles. The Morgan fingerprint density at radius 3 is 2.46 bits per heavy atom. The molecule has 0 saturated carbocycles. The molecule has 0 aliphatic carbocycles. The van der Waals surface area contributed by atoms with Gasteiger partial charge in [-0.25, -0.2) is 4.79 Å². The van der Waals surface area contributed by atoms with E-state index in [1.807, 2.05) is 19.1 Å². The Balaban J connectivity index is 1.84. The molecule has 0 aliphatic rings. The number of anilines is 2. The number of benzene rings is 2. The van der Waals surface area contributed by atoms with Gasteiger partial charge in [-0.3, -0.25) is 4.79 Å². The van der Waals surface area contributed by atoms with Crippen LogP contribution < -0.4 is 20.7 Å². The van der Waals surface area contributed by atoms with Crippen LogP contribution in [0.25, 0.3) is 0 Å². The molecule has 2 rings (SSSR count). The Morgan fingerprint density at radius 1 is 1.04 bits per heavy atom. The third-order valence-corrected chi connectivity index (χ3v) is 3.21. The van der Waals surface area contributed by atoms with Crippen LogP contribution in [0, 0.1) is 11.8 Å². The van der Waals surface area contributed by atoms with Crippen molar-refractivity contribution in [2.75, 3.05) is 23.8 Å². The molecule has 0 heterocycles. The van der Waals surface area contributed by atoms with Crippen LogP contribution >= 0.6 is 0 Å². The second-order valence-corrected chi connectivity index (χ2v) is 5.30. The zero-order chi connectivity index (χ0) is 18.8. The van der Waals surface area contributed by atoms with Crippen molar-refractivity contribution in [3.63, 3.8) is 0 Å². The largest absolute Gasteiger partial charge is 0.492 e. The van der Waals surface area contributed by atoms with Crippen molar-refractivity contribution in [1.29, 1.82) is 0 Å². The van der Waals surface area contributed by atoms with Crippen molar-refractivity contribution in [2.24, 2.45) is 0 Å². The van der Waals surface area contributed by atoms with Crippen molar-refractivity contribution in [3.05, 3.63) is 54.1 Å². The summed E-state index contributed by atoms with van der Waals surface area (Å²) >= 11 is 0. The third kappa shape index (κ3) is 6.21. The molecule has 2 aromatic rings. The minimum atomic E-state index is -0.354. The molecular formula is C20H21N3O3. The molecule has 0 spiro atoms. The number of urea groups is 1. The first-order chi connectivity index (χ1) is 12.6. The second-order valence-electron chi connectivity index (χ2n) is 5.30. The van der Waals surface area contributed by atoms with Gasteiger partial charge in [0.25, 0.3) is 0 Å². The lowest BCUT2D eigenvalue weighted by atomic mass is 10.2. The molecule has 0 aliphatic heterocycles. The molecule has 6 nitrogen and oxygen atoms in total. The average molecular weight is 351 g/mol. The van der Waals surface area contributed by atoms with Gasteiger partial charge < -0.3 is 20.7 Å². The van der Waals surface area contributed by atoms with Crippen LogP contribution in [-0.4, -0.2) is 25.1 Å². The summed E-state index contributed by atoms with van der Waals surface area (Å²) in [4.78, 5) is 22.9. The summed E-state index contributed by atoms with van der Waals surface area (Å²) < 4.78 is 5.46. The van der Waals surface area contributed by atoms with Crippen LogP contribution in [0.15, 0.2) is 48.5 Å². The van der Waals surface area contributed by atoms with E-state index in [-0.39, 0.29) is 18.5 Å². The van der Waals surface area contributed by atoms with Crippen LogP contribution in [0.1, 0.15) is 19.4 Å². The fourth-order valence-corrected chi connectivity index (χ4v) is 2.13. The fraction of sp³-hybridized carbons (Fsp3) is 0.200.